The molecule has 5 nitrogen and oxygen atoms in total. The molecule has 2 heterocycles. The summed E-state index contributed by atoms with van der Waals surface area (Å²) in [6.45, 7) is 5.51. The summed E-state index contributed by atoms with van der Waals surface area (Å²) >= 11 is 0. The Kier molecular flexibility index (Phi) is 6.45. The molecule has 0 aromatic carbocycles. The molecule has 156 valence electrons. The molecule has 28 heavy (non-hydrogen) atoms. The van der Waals surface area contributed by atoms with Crippen molar-refractivity contribution in [1.29, 1.82) is 0 Å². The van der Waals surface area contributed by atoms with Gasteiger partial charge in [-0.3, -0.25) is 4.79 Å². The standard InChI is InChI=1S/C20H28F3N3O2/c1-13(2)14-5-7-15(8-6-14)18(27)26-11-3-4-16(12-26)28-19-24-10-9-17(25-19)20(21,22)23/h9-10,13-16H,3-8,11-12H2,1-2H3. The van der Waals surface area contributed by atoms with Gasteiger partial charge in [0.05, 0.1) is 6.54 Å². The SMILES string of the molecule is CC(C)C1CCC(C(=O)N2CCCC(Oc3nccc(C(F)(F)F)n3)C2)CC1. The highest BCUT2D eigenvalue weighted by Gasteiger charge is 2.35. The Morgan fingerprint density at radius 3 is 2.57 bits per heavy atom. The van der Waals surface area contributed by atoms with Gasteiger partial charge in [-0.2, -0.15) is 18.2 Å². The predicted molar refractivity (Wildman–Crippen MR) is 97.6 cm³/mol. The van der Waals surface area contributed by atoms with Gasteiger partial charge in [-0.15, -0.1) is 0 Å². The molecule has 1 aliphatic heterocycles. The third kappa shape index (κ3) is 5.14. The molecule has 1 saturated heterocycles. The van der Waals surface area contributed by atoms with Gasteiger partial charge in [-0.05, 0) is 56.4 Å². The van der Waals surface area contributed by atoms with Gasteiger partial charge in [0.1, 0.15) is 6.10 Å². The number of ether oxygens (including phenoxy) is 1. The molecule has 3 rings (SSSR count). The Labute approximate surface area is 163 Å². The van der Waals surface area contributed by atoms with Gasteiger partial charge in [-0.1, -0.05) is 13.8 Å². The highest BCUT2D eigenvalue weighted by molar-refractivity contribution is 5.79. The number of hydrogen-bond acceptors (Lipinski definition) is 4. The van der Waals surface area contributed by atoms with Gasteiger partial charge in [0.2, 0.25) is 5.91 Å². The van der Waals surface area contributed by atoms with Crippen LogP contribution < -0.4 is 4.74 Å². The van der Waals surface area contributed by atoms with E-state index in [9.17, 15) is 18.0 Å². The quantitative estimate of drug-likeness (QED) is 0.756. The van der Waals surface area contributed by atoms with E-state index in [-0.39, 0.29) is 23.9 Å². The first kappa shape index (κ1) is 20.9. The molecule has 1 atom stereocenters. The van der Waals surface area contributed by atoms with Gasteiger partial charge in [0.25, 0.3) is 0 Å². The molecule has 0 radical (unpaired) electrons. The van der Waals surface area contributed by atoms with Gasteiger partial charge < -0.3 is 9.64 Å². The lowest BCUT2D eigenvalue weighted by atomic mass is 9.76. The number of halogens is 3. The van der Waals surface area contributed by atoms with E-state index in [1.165, 1.54) is 0 Å². The van der Waals surface area contributed by atoms with Crippen LogP contribution in [0.3, 0.4) is 0 Å². The zero-order valence-electron chi connectivity index (χ0n) is 16.4. The van der Waals surface area contributed by atoms with Crippen molar-refractivity contribution >= 4 is 5.91 Å². The van der Waals surface area contributed by atoms with E-state index < -0.39 is 11.9 Å². The van der Waals surface area contributed by atoms with E-state index in [1.54, 1.807) is 0 Å². The topological polar surface area (TPSA) is 55.3 Å². The molecule has 1 aliphatic carbocycles. The van der Waals surface area contributed by atoms with Crippen LogP contribution in [0.2, 0.25) is 0 Å². The van der Waals surface area contributed by atoms with Crippen molar-refractivity contribution in [2.24, 2.45) is 17.8 Å². The van der Waals surface area contributed by atoms with Crippen LogP contribution in [-0.4, -0.2) is 40.0 Å². The monoisotopic (exact) mass is 399 g/mol. The van der Waals surface area contributed by atoms with Crippen LogP contribution >= 0.6 is 0 Å². The zero-order valence-corrected chi connectivity index (χ0v) is 16.4. The minimum Gasteiger partial charge on any atom is -0.458 e. The Morgan fingerprint density at radius 1 is 1.21 bits per heavy atom. The fourth-order valence-corrected chi connectivity index (χ4v) is 4.23. The number of likely N-dealkylation sites (tertiary alicyclic amines) is 1. The van der Waals surface area contributed by atoms with Crippen LogP contribution in [-0.2, 0) is 11.0 Å². The molecule has 1 amide bonds. The molecule has 1 aromatic rings. The smallest absolute Gasteiger partial charge is 0.433 e. The Balaban J connectivity index is 1.56. The first-order chi connectivity index (χ1) is 13.2. The normalized spacial score (nSPS) is 26.4. The van der Waals surface area contributed by atoms with Crippen LogP contribution in [0.5, 0.6) is 6.01 Å². The highest BCUT2D eigenvalue weighted by atomic mass is 19.4. The van der Waals surface area contributed by atoms with E-state index in [0.29, 0.717) is 31.3 Å². The number of hydrogen-bond donors (Lipinski definition) is 0. The van der Waals surface area contributed by atoms with Crippen LogP contribution in [0.4, 0.5) is 13.2 Å². The summed E-state index contributed by atoms with van der Waals surface area (Å²) < 4.78 is 44.0. The summed E-state index contributed by atoms with van der Waals surface area (Å²) in [5.41, 5.74) is -1.02. The summed E-state index contributed by atoms with van der Waals surface area (Å²) in [5.74, 6) is 1.55. The van der Waals surface area contributed by atoms with Gasteiger partial charge in [-0.25, -0.2) is 4.98 Å². The first-order valence-corrected chi connectivity index (χ1v) is 10.1. The molecule has 1 unspecified atom stereocenters. The molecule has 1 aromatic heterocycles. The van der Waals surface area contributed by atoms with Crippen LogP contribution in [0.15, 0.2) is 12.3 Å². The highest BCUT2D eigenvalue weighted by Crippen LogP contribution is 2.34. The maximum atomic E-state index is 12.9. The Hall–Kier alpha value is -1.86. The third-order valence-electron chi connectivity index (χ3n) is 5.95. The molecule has 0 N–H and O–H groups in total. The van der Waals surface area contributed by atoms with E-state index in [2.05, 4.69) is 23.8 Å². The average Bonchev–Trinajstić information content (AvgIpc) is 2.67. The maximum Gasteiger partial charge on any atom is 0.433 e. The lowest BCUT2D eigenvalue weighted by Crippen LogP contribution is -2.47. The van der Waals surface area contributed by atoms with Crippen molar-refractivity contribution < 1.29 is 22.7 Å². The Bertz CT molecular complexity index is 673. The molecule has 2 fully saturated rings. The second kappa shape index (κ2) is 8.66. The number of alkyl halides is 3. The lowest BCUT2D eigenvalue weighted by Gasteiger charge is -2.37. The van der Waals surface area contributed by atoms with E-state index in [1.807, 2.05) is 4.90 Å². The predicted octanol–water partition coefficient (Wildman–Crippen LogP) is 4.33. The van der Waals surface area contributed by atoms with Gasteiger partial charge >= 0.3 is 12.2 Å². The number of carbonyl (C=O) groups is 1. The van der Waals surface area contributed by atoms with Crippen molar-refractivity contribution in [1.82, 2.24) is 14.9 Å². The maximum absolute atomic E-state index is 12.9. The molecular formula is C20H28F3N3O2. The van der Waals surface area contributed by atoms with Crippen LogP contribution in [0.25, 0.3) is 0 Å². The Morgan fingerprint density at radius 2 is 1.93 bits per heavy atom. The fraction of sp³-hybridized carbons (Fsp3) is 0.750. The second-order valence-corrected chi connectivity index (χ2v) is 8.24. The lowest BCUT2D eigenvalue weighted by molar-refractivity contribution is -0.141. The summed E-state index contributed by atoms with van der Waals surface area (Å²) in [6.07, 6.45) is 1.56. The summed E-state index contributed by atoms with van der Waals surface area (Å²) in [4.78, 5) is 22.0. The first-order valence-electron chi connectivity index (χ1n) is 10.1. The van der Waals surface area contributed by atoms with E-state index >= 15 is 0 Å². The number of amides is 1. The number of piperidine rings is 1. The summed E-state index contributed by atoms with van der Waals surface area (Å²) in [6, 6.07) is 0.531. The minimum atomic E-state index is -4.54. The second-order valence-electron chi connectivity index (χ2n) is 8.24. The zero-order chi connectivity index (χ0) is 20.3. The summed E-state index contributed by atoms with van der Waals surface area (Å²) in [7, 11) is 0. The van der Waals surface area contributed by atoms with E-state index in [0.717, 1.165) is 44.4 Å². The van der Waals surface area contributed by atoms with Crippen molar-refractivity contribution in [2.45, 2.75) is 64.7 Å². The van der Waals surface area contributed by atoms with Crippen molar-refractivity contribution in [2.75, 3.05) is 13.1 Å². The third-order valence-corrected chi connectivity index (χ3v) is 5.95. The average molecular weight is 399 g/mol. The molecular weight excluding hydrogens is 371 g/mol. The number of nitrogens with zero attached hydrogens (tertiary/aromatic N) is 3. The molecule has 8 heteroatoms. The van der Waals surface area contributed by atoms with Crippen molar-refractivity contribution in [3.05, 3.63) is 18.0 Å². The van der Waals surface area contributed by atoms with Crippen molar-refractivity contribution in [3.63, 3.8) is 0 Å². The van der Waals surface area contributed by atoms with Crippen LogP contribution in [0, 0.1) is 17.8 Å². The molecule has 0 spiro atoms. The molecule has 2 aliphatic rings. The fourth-order valence-electron chi connectivity index (χ4n) is 4.23. The van der Waals surface area contributed by atoms with Crippen LogP contribution in [0.1, 0.15) is 58.1 Å². The minimum absolute atomic E-state index is 0.0542. The number of aromatic nitrogens is 2. The summed E-state index contributed by atoms with van der Waals surface area (Å²) in [5, 5.41) is 0. The molecule has 0 bridgehead atoms. The number of carbonyl (C=O) groups excluding carboxylic acids is 1. The van der Waals surface area contributed by atoms with Gasteiger partial charge in [0.15, 0.2) is 5.69 Å². The molecule has 1 saturated carbocycles. The van der Waals surface area contributed by atoms with Gasteiger partial charge in [0, 0.05) is 18.7 Å². The van der Waals surface area contributed by atoms with Crippen molar-refractivity contribution in [3.8, 4) is 6.01 Å². The largest absolute Gasteiger partial charge is 0.458 e. The number of rotatable bonds is 4. The van der Waals surface area contributed by atoms with E-state index in [4.69, 9.17) is 4.74 Å².